The molecule has 0 atom stereocenters. The van der Waals surface area contributed by atoms with E-state index in [4.69, 9.17) is 31.9 Å². The van der Waals surface area contributed by atoms with E-state index in [0.717, 1.165) is 88.0 Å². The summed E-state index contributed by atoms with van der Waals surface area (Å²) in [4.78, 5) is 16.7. The molecule has 262 valence electrons. The quantitative estimate of drug-likeness (QED) is 0.116. The van der Waals surface area contributed by atoms with Gasteiger partial charge in [-0.2, -0.15) is 5.10 Å². The smallest absolute Gasteiger partial charge is 0.355 e. The number of halogens is 2. The summed E-state index contributed by atoms with van der Waals surface area (Å²) in [6, 6.07) is 18.6. The number of rotatable bonds is 10. The lowest BCUT2D eigenvalue weighted by Crippen LogP contribution is -2.41. The zero-order valence-electron chi connectivity index (χ0n) is 29.5. The van der Waals surface area contributed by atoms with Crippen LogP contribution in [0.4, 0.5) is 0 Å². The van der Waals surface area contributed by atoms with E-state index in [9.17, 15) is 4.79 Å². The molecular weight excluding hydrogens is 657 g/mol. The first-order valence-corrected chi connectivity index (χ1v) is 17.5. The van der Waals surface area contributed by atoms with Crippen molar-refractivity contribution in [1.29, 1.82) is 0 Å². The Morgan fingerprint density at radius 1 is 0.980 bits per heavy atom. The average molecular weight is 707 g/mol. The first-order valence-electron chi connectivity index (χ1n) is 17.1. The molecule has 1 aliphatic rings. The second-order valence-corrected chi connectivity index (χ2v) is 14.5. The molecule has 0 amide bonds. The minimum absolute atomic E-state index is 0. The van der Waals surface area contributed by atoms with Crippen LogP contribution in [0.15, 0.2) is 54.6 Å². The van der Waals surface area contributed by atoms with E-state index in [2.05, 4.69) is 40.7 Å². The molecule has 0 radical (unpaired) electrons. The zero-order chi connectivity index (χ0) is 34.2. The number of hydrogen-bond donors (Lipinski definition) is 1. The molecule has 10 heteroatoms. The fourth-order valence-corrected chi connectivity index (χ4v) is 7.32. The fraction of sp³-hybridized carbons (Fsp3) is 0.436. The van der Waals surface area contributed by atoms with Crippen LogP contribution in [0.2, 0.25) is 5.02 Å². The first kappa shape index (κ1) is 36.7. The SMILES string of the molecule is Cc1nn(C)c(C)c1-c1c(Cl)ccc2c(CCCOc3cccc4ccccc34)c(C(=O)OC(C)(C)C)n(CCN3CCC(N)CC3)c12.Cl. The van der Waals surface area contributed by atoms with Crippen LogP contribution in [-0.2, 0) is 24.8 Å². The number of fused-ring (bicyclic) bond motifs is 2. The highest BCUT2D eigenvalue weighted by molar-refractivity contribution is 6.35. The van der Waals surface area contributed by atoms with Crippen molar-refractivity contribution in [3.05, 3.63) is 82.3 Å². The Morgan fingerprint density at radius 2 is 1.69 bits per heavy atom. The van der Waals surface area contributed by atoms with Crippen molar-refractivity contribution in [2.24, 2.45) is 12.8 Å². The van der Waals surface area contributed by atoms with E-state index in [1.54, 1.807) is 0 Å². The van der Waals surface area contributed by atoms with Crippen molar-refractivity contribution in [3.63, 3.8) is 0 Å². The number of piperidine rings is 1. The van der Waals surface area contributed by atoms with E-state index < -0.39 is 5.60 Å². The molecule has 0 aliphatic carbocycles. The lowest BCUT2D eigenvalue weighted by Gasteiger charge is -2.30. The normalized spacial score (nSPS) is 14.4. The van der Waals surface area contributed by atoms with Gasteiger partial charge in [0.1, 0.15) is 17.0 Å². The maximum Gasteiger partial charge on any atom is 0.355 e. The number of carbonyl (C=O) groups is 1. The number of ether oxygens (including phenoxy) is 2. The van der Waals surface area contributed by atoms with Gasteiger partial charge in [-0.1, -0.05) is 54.1 Å². The first-order chi connectivity index (χ1) is 22.9. The minimum Gasteiger partial charge on any atom is -0.493 e. The van der Waals surface area contributed by atoms with Crippen LogP contribution in [0.1, 0.15) is 67.5 Å². The summed E-state index contributed by atoms with van der Waals surface area (Å²) in [5, 5.41) is 8.60. The summed E-state index contributed by atoms with van der Waals surface area (Å²) in [6.45, 7) is 13.6. The number of nitrogens with zero attached hydrogens (tertiary/aromatic N) is 4. The van der Waals surface area contributed by atoms with Crippen LogP contribution in [0, 0.1) is 13.8 Å². The van der Waals surface area contributed by atoms with Gasteiger partial charge in [0.25, 0.3) is 0 Å². The molecule has 0 saturated carbocycles. The second kappa shape index (κ2) is 15.1. The molecule has 0 unspecified atom stereocenters. The van der Waals surface area contributed by atoms with E-state index in [-0.39, 0.29) is 24.4 Å². The Kier molecular flexibility index (Phi) is 11.3. The van der Waals surface area contributed by atoms with Crippen molar-refractivity contribution in [2.45, 2.75) is 78.5 Å². The summed E-state index contributed by atoms with van der Waals surface area (Å²) < 4.78 is 16.5. The number of carbonyl (C=O) groups excluding carboxylic acids is 1. The molecule has 2 N–H and O–H groups in total. The highest BCUT2D eigenvalue weighted by atomic mass is 35.5. The van der Waals surface area contributed by atoms with Gasteiger partial charge in [-0.25, -0.2) is 4.79 Å². The lowest BCUT2D eigenvalue weighted by molar-refractivity contribution is 0.00561. The lowest BCUT2D eigenvalue weighted by atomic mass is 9.98. The van der Waals surface area contributed by atoms with Crippen LogP contribution in [0.5, 0.6) is 5.75 Å². The monoisotopic (exact) mass is 705 g/mol. The van der Waals surface area contributed by atoms with Crippen LogP contribution in [-0.4, -0.2) is 63.1 Å². The highest BCUT2D eigenvalue weighted by Crippen LogP contribution is 2.42. The summed E-state index contributed by atoms with van der Waals surface area (Å²) in [7, 11) is 1.95. The van der Waals surface area contributed by atoms with Crippen molar-refractivity contribution >= 4 is 51.7 Å². The third-order valence-electron chi connectivity index (χ3n) is 9.48. The molecule has 0 spiro atoms. The van der Waals surface area contributed by atoms with Crippen LogP contribution in [0.3, 0.4) is 0 Å². The third kappa shape index (κ3) is 7.78. The van der Waals surface area contributed by atoms with Gasteiger partial charge in [0, 0.05) is 53.8 Å². The Labute approximate surface area is 300 Å². The van der Waals surface area contributed by atoms with E-state index in [1.807, 2.05) is 69.8 Å². The number of aryl methyl sites for hydroxylation is 3. The number of likely N-dealkylation sites (tertiary alicyclic amines) is 1. The fourth-order valence-electron chi connectivity index (χ4n) is 7.07. The van der Waals surface area contributed by atoms with Gasteiger partial charge in [-0.15, -0.1) is 12.4 Å². The molecule has 3 aromatic carbocycles. The number of benzene rings is 3. The number of hydrogen-bond acceptors (Lipinski definition) is 6. The standard InChI is InChI=1S/C39H48ClN5O3.ClH/c1-25-34(26(2)43(6)42-25)35-32(40)17-16-31-30(14-10-24-47-33-15-9-12-27-11-7-8-13-29(27)33)37(38(46)48-39(3,4)5)45(36(31)35)23-22-44-20-18-28(41)19-21-44;/h7-9,11-13,15-17,28H,10,14,18-24,41H2,1-6H3;1H. The van der Waals surface area contributed by atoms with Crippen molar-refractivity contribution in [3.8, 4) is 16.9 Å². The second-order valence-electron chi connectivity index (χ2n) is 14.1. The number of esters is 1. The van der Waals surface area contributed by atoms with Gasteiger partial charge in [-0.3, -0.25) is 4.68 Å². The molecule has 2 aromatic heterocycles. The Bertz CT molecular complexity index is 1940. The molecule has 1 fully saturated rings. The molecule has 6 rings (SSSR count). The van der Waals surface area contributed by atoms with Crippen LogP contribution in [0.25, 0.3) is 32.8 Å². The minimum atomic E-state index is -0.660. The van der Waals surface area contributed by atoms with Gasteiger partial charge in [0.15, 0.2) is 0 Å². The molecule has 8 nitrogen and oxygen atoms in total. The molecule has 1 aliphatic heterocycles. The number of aromatic nitrogens is 3. The van der Waals surface area contributed by atoms with Crippen LogP contribution < -0.4 is 10.5 Å². The van der Waals surface area contributed by atoms with Gasteiger partial charge in [-0.05, 0) is 96.5 Å². The predicted molar refractivity (Wildman–Crippen MR) is 202 cm³/mol. The summed E-state index contributed by atoms with van der Waals surface area (Å²) in [5.41, 5.74) is 11.9. The molecule has 1 saturated heterocycles. The van der Waals surface area contributed by atoms with E-state index in [0.29, 0.717) is 36.7 Å². The van der Waals surface area contributed by atoms with Gasteiger partial charge in [0.05, 0.1) is 22.8 Å². The van der Waals surface area contributed by atoms with Gasteiger partial charge >= 0.3 is 5.97 Å². The summed E-state index contributed by atoms with van der Waals surface area (Å²) in [5.74, 6) is 0.534. The third-order valence-corrected chi connectivity index (χ3v) is 9.79. The molecule has 49 heavy (non-hydrogen) atoms. The Balaban J connectivity index is 0.00000468. The molecular formula is C39H49Cl2N5O3. The molecule has 5 aromatic rings. The Morgan fingerprint density at radius 3 is 2.39 bits per heavy atom. The van der Waals surface area contributed by atoms with E-state index >= 15 is 0 Å². The largest absolute Gasteiger partial charge is 0.493 e. The van der Waals surface area contributed by atoms with Gasteiger partial charge < -0.3 is 24.7 Å². The highest BCUT2D eigenvalue weighted by Gasteiger charge is 2.31. The number of nitrogens with two attached hydrogens (primary N) is 1. The van der Waals surface area contributed by atoms with Gasteiger partial charge in [0.2, 0.25) is 0 Å². The van der Waals surface area contributed by atoms with Crippen molar-refractivity contribution in [1.82, 2.24) is 19.2 Å². The maximum atomic E-state index is 14.3. The predicted octanol–water partition coefficient (Wildman–Crippen LogP) is 8.28. The van der Waals surface area contributed by atoms with E-state index in [1.165, 1.54) is 0 Å². The molecule has 0 bridgehead atoms. The Hall–Kier alpha value is -3.56. The topological polar surface area (TPSA) is 87.5 Å². The summed E-state index contributed by atoms with van der Waals surface area (Å²) >= 11 is 7.11. The van der Waals surface area contributed by atoms with Crippen molar-refractivity contribution < 1.29 is 14.3 Å². The maximum absolute atomic E-state index is 14.3. The molecule has 3 heterocycles. The van der Waals surface area contributed by atoms with Crippen molar-refractivity contribution in [2.75, 3.05) is 26.2 Å². The van der Waals surface area contributed by atoms with Crippen LogP contribution >= 0.6 is 24.0 Å². The zero-order valence-corrected chi connectivity index (χ0v) is 31.1. The summed E-state index contributed by atoms with van der Waals surface area (Å²) in [6.07, 6.45) is 3.29. The average Bonchev–Trinajstić information content (AvgIpc) is 3.49.